The summed E-state index contributed by atoms with van der Waals surface area (Å²) in [6.07, 6.45) is -5.40. The van der Waals surface area contributed by atoms with Gasteiger partial charge in [0.2, 0.25) is 5.41 Å². The highest BCUT2D eigenvalue weighted by Gasteiger charge is 2.72. The molecule has 0 saturated carbocycles. The lowest BCUT2D eigenvalue weighted by molar-refractivity contribution is -0.288. The molecule has 7 heteroatoms. The van der Waals surface area contributed by atoms with Gasteiger partial charge in [0.25, 0.3) is 0 Å². The van der Waals surface area contributed by atoms with Gasteiger partial charge in [-0.05, 0) is 328 Å². The molecule has 2 aliphatic carbocycles. The fourth-order valence-corrected chi connectivity index (χ4v) is 19.1. The summed E-state index contributed by atoms with van der Waals surface area (Å²) in [5.41, 5.74) is 40.1. The molecule has 0 saturated heterocycles. The predicted molar refractivity (Wildman–Crippen MR) is 584 cm³/mol. The molecule has 16 aromatic rings. The summed E-state index contributed by atoms with van der Waals surface area (Å²) in [7, 11) is 0. The summed E-state index contributed by atoms with van der Waals surface area (Å²) in [5, 5.41) is 0. The minimum Gasteiger partial charge on any atom is -0.457 e. The smallest absolute Gasteiger partial charge is 0.411 e. The fourth-order valence-electron chi connectivity index (χ4n) is 19.1. The van der Waals surface area contributed by atoms with Crippen LogP contribution in [0, 0.1) is 138 Å². The van der Waals surface area contributed by atoms with Crippen molar-refractivity contribution in [2.45, 2.75) is 246 Å². The Hall–Kier alpha value is -13.1. The number of alkyl halides is 6. The molecule has 1 nitrogen and oxygen atoms in total. The number of halogens is 6. The van der Waals surface area contributed by atoms with Gasteiger partial charge in [-0.25, -0.2) is 0 Å². The van der Waals surface area contributed by atoms with Crippen LogP contribution in [0.4, 0.5) is 26.3 Å². The van der Waals surface area contributed by atoms with Gasteiger partial charge in [0.15, 0.2) is 0 Å². The van der Waals surface area contributed by atoms with E-state index in [1.54, 1.807) is 13.8 Å². The fraction of sp³-hybridized carbons (Fsp3) is 0.278. The minimum atomic E-state index is -5.53. The quantitative estimate of drug-likeness (QED) is 0.111. The first-order valence-electron chi connectivity index (χ1n) is 49.3. The van der Waals surface area contributed by atoms with E-state index >= 15 is 0 Å². The molecule has 0 N–H and O–H groups in total. The van der Waals surface area contributed by atoms with E-state index in [2.05, 4.69) is 403 Å². The SMILES string of the molecule is CCc1cc(C)c(C)c(C)c1C.CCc1cc(CC)c(C)c(C)c1C.Cc1ccc(C(c2ccc(C)cc2)(C(F)(F)F)C(F)(F)F)cc1.Cc1ccc(C2(C)CC(C)(C)c3cc(C)ccc32)cc1.Cc1ccc(C2(c3ccc(C)cc3)c3ccccc3-c3ccccc32)cc1.Cc1ccc(Cc2ccc(C)cc2)cc1.Cc1ccc(Oc2ccc(C)cc2)cc1.Cc1cccc(C)c1.Cc1ccccc1. The molecule has 1 unspecified atom stereocenters. The lowest BCUT2D eigenvalue weighted by atomic mass is 9.67. The Morgan fingerprint density at radius 3 is 0.879 bits per heavy atom. The monoisotopic (exact) mass is 1870 g/mol. The van der Waals surface area contributed by atoms with Crippen molar-refractivity contribution >= 4 is 0 Å². The van der Waals surface area contributed by atoms with Crippen LogP contribution in [0.2, 0.25) is 0 Å². The molecule has 0 aromatic heterocycles. The molecule has 2 aliphatic rings. The number of ether oxygens (including phenoxy) is 1. The molecule has 0 bridgehead atoms. The standard InChI is InChI=1S/C27H22.C20H24.C17H14F6.C15H16.C14H14O.C13H20.C12H18.C8H10.C7H8/c1-19-11-15-21(16-12-19)27(22-17-13-20(2)14-18-22)25-9-5-3-7-23(25)24-8-4-6-10-26(24)27;1-14-6-9-16(10-7-14)20(5)13-19(3,4)18-12-15(2)8-11-17(18)20;1-11-3-7-13(8-4-11)15(16(18,19)20,17(21,22)23)14-9-5-12(2)6-10-14;1-12-3-7-14(8-4-12)11-15-9-5-13(2)6-10-15;1-11-3-7-13(8-4-11)15-14-9-5-12(2)6-10-14;1-6-12-8-13(7-2)11(5)9(3)10(12)4;1-6-12-7-8(2)9(3)10(4)11(12)5;1-7-4-3-5-8(2)6-7;1-7-5-3-2-4-6-7/h3-18H,1-2H3;6-12H,13H2,1-5H3;3-10H,1-2H3;3-10H,11H2,1-2H3;3-10H,1-2H3;8H,6-7H2,1-5H3;7H,6H2,1-5H3;3-6H,1-2H3;2-6H,1H3. The lowest BCUT2D eigenvalue weighted by Gasteiger charge is -2.38. The van der Waals surface area contributed by atoms with Gasteiger partial charge in [-0.15, -0.1) is 0 Å². The van der Waals surface area contributed by atoms with Gasteiger partial charge < -0.3 is 4.74 Å². The summed E-state index contributed by atoms with van der Waals surface area (Å²) in [6.45, 7) is 55.9. The van der Waals surface area contributed by atoms with E-state index in [1.165, 1.54) is 209 Å². The normalized spacial score (nSPS) is 13.2. The zero-order valence-electron chi connectivity index (χ0n) is 87.7. The number of hydrogen-bond acceptors (Lipinski definition) is 1. The van der Waals surface area contributed by atoms with Crippen LogP contribution < -0.4 is 4.74 Å². The lowest BCUT2D eigenvalue weighted by Crippen LogP contribution is -2.54. The molecule has 18 rings (SSSR count). The maximum atomic E-state index is 13.7. The average Bonchev–Trinajstić information content (AvgIpc) is 1.58. The first-order valence-corrected chi connectivity index (χ1v) is 49.3. The molecular formula is C133H146F6O. The van der Waals surface area contributed by atoms with Gasteiger partial charge in [-0.1, -0.05) is 441 Å². The van der Waals surface area contributed by atoms with E-state index in [9.17, 15) is 26.3 Å². The molecule has 0 fully saturated rings. The Kier molecular flexibility index (Phi) is 37.9. The van der Waals surface area contributed by atoms with Crippen molar-refractivity contribution in [1.29, 1.82) is 0 Å². The van der Waals surface area contributed by atoms with E-state index in [1.807, 2.05) is 66.7 Å². The number of fused-ring (bicyclic) bond motifs is 4. The molecule has 140 heavy (non-hydrogen) atoms. The Morgan fingerprint density at radius 2 is 0.543 bits per heavy atom. The third-order valence-electron chi connectivity index (χ3n) is 27.9. The molecule has 0 aliphatic heterocycles. The van der Waals surface area contributed by atoms with Gasteiger partial charge in [0, 0.05) is 5.41 Å². The Bertz CT molecular complexity index is 6280. The van der Waals surface area contributed by atoms with Gasteiger partial charge >= 0.3 is 12.4 Å². The van der Waals surface area contributed by atoms with Gasteiger partial charge in [0.05, 0.1) is 5.41 Å². The molecule has 0 heterocycles. The van der Waals surface area contributed by atoms with E-state index in [0.717, 1.165) is 61.4 Å². The van der Waals surface area contributed by atoms with Crippen molar-refractivity contribution < 1.29 is 31.1 Å². The van der Waals surface area contributed by atoms with Crippen LogP contribution >= 0.6 is 0 Å². The zero-order chi connectivity index (χ0) is 102. The largest absolute Gasteiger partial charge is 0.457 e. The summed E-state index contributed by atoms with van der Waals surface area (Å²) in [4.78, 5) is 0. The van der Waals surface area contributed by atoms with Crippen molar-refractivity contribution in [3.8, 4) is 22.6 Å². The Labute approximate surface area is 835 Å². The van der Waals surface area contributed by atoms with Gasteiger partial charge in [-0.2, -0.15) is 26.3 Å². The maximum Gasteiger partial charge on any atom is 0.411 e. The number of rotatable bonds is 12. The molecule has 16 aromatic carbocycles. The number of hydrogen-bond donors (Lipinski definition) is 0. The van der Waals surface area contributed by atoms with Gasteiger partial charge in [-0.3, -0.25) is 0 Å². The second-order valence-electron chi connectivity index (χ2n) is 39.4. The third-order valence-corrected chi connectivity index (χ3v) is 27.9. The second kappa shape index (κ2) is 48.7. The summed E-state index contributed by atoms with van der Waals surface area (Å²) in [6, 6.07) is 117. The summed E-state index contributed by atoms with van der Waals surface area (Å²) in [5.74, 6) is 1.76. The zero-order valence-corrected chi connectivity index (χ0v) is 87.7. The second-order valence-corrected chi connectivity index (χ2v) is 39.4. The van der Waals surface area contributed by atoms with Crippen molar-refractivity contribution in [2.75, 3.05) is 0 Å². The predicted octanol–water partition coefficient (Wildman–Crippen LogP) is 37.2. The van der Waals surface area contributed by atoms with Crippen LogP contribution in [-0.2, 0) is 47.3 Å². The first kappa shape index (κ1) is 109. The summed E-state index contributed by atoms with van der Waals surface area (Å²) >= 11 is 0. The minimum absolute atomic E-state index is 0.139. The van der Waals surface area contributed by atoms with Crippen LogP contribution in [0.25, 0.3) is 11.1 Å². The molecular weight excluding hydrogens is 1730 g/mol. The maximum absolute atomic E-state index is 13.7. The molecule has 726 valence electrons. The van der Waals surface area contributed by atoms with E-state index < -0.39 is 28.9 Å². The van der Waals surface area contributed by atoms with Crippen LogP contribution in [-0.4, -0.2) is 12.4 Å². The van der Waals surface area contributed by atoms with Crippen LogP contribution in [0.15, 0.2) is 352 Å². The van der Waals surface area contributed by atoms with Crippen LogP contribution in [0.1, 0.15) is 237 Å². The first-order chi connectivity index (χ1) is 66.4. The number of aryl methyl sites for hydroxylation is 17. The van der Waals surface area contributed by atoms with Crippen molar-refractivity contribution in [2.24, 2.45) is 0 Å². The third kappa shape index (κ3) is 27.1. The van der Waals surface area contributed by atoms with E-state index in [-0.39, 0.29) is 16.2 Å². The average molecular weight is 1870 g/mol. The van der Waals surface area contributed by atoms with Crippen molar-refractivity contribution in [1.82, 2.24) is 0 Å². The highest BCUT2D eigenvalue weighted by molar-refractivity contribution is 5.86. The highest BCUT2D eigenvalue weighted by Crippen LogP contribution is 2.59. The molecule has 0 radical (unpaired) electrons. The molecule has 1 atom stereocenters. The Morgan fingerprint density at radius 1 is 0.250 bits per heavy atom. The van der Waals surface area contributed by atoms with Crippen LogP contribution in [0.5, 0.6) is 11.5 Å². The van der Waals surface area contributed by atoms with Crippen LogP contribution in [0.3, 0.4) is 0 Å². The summed E-state index contributed by atoms with van der Waals surface area (Å²) < 4.78 is 88.0. The highest BCUT2D eigenvalue weighted by atomic mass is 19.4. The number of benzene rings is 16. The van der Waals surface area contributed by atoms with E-state index in [4.69, 9.17) is 4.74 Å². The van der Waals surface area contributed by atoms with Gasteiger partial charge in [0.1, 0.15) is 11.5 Å². The Balaban J connectivity index is 0.000000166. The van der Waals surface area contributed by atoms with Crippen molar-refractivity contribution in [3.63, 3.8) is 0 Å². The van der Waals surface area contributed by atoms with E-state index in [0.29, 0.717) is 11.1 Å². The topological polar surface area (TPSA) is 9.23 Å². The molecule has 0 amide bonds. The molecule has 0 spiro atoms. The van der Waals surface area contributed by atoms with Crippen molar-refractivity contribution in [3.05, 3.63) is 541 Å².